The molecule has 3 aromatic rings. The van der Waals surface area contributed by atoms with Gasteiger partial charge in [0.05, 0.1) is 5.56 Å². The molecule has 0 saturated carbocycles. The summed E-state index contributed by atoms with van der Waals surface area (Å²) in [6, 6.07) is 20.0. The fourth-order valence-corrected chi connectivity index (χ4v) is 2.87. The molecule has 2 aromatic carbocycles. The minimum Gasteiger partial charge on any atom is -0.354 e. The van der Waals surface area contributed by atoms with Gasteiger partial charge in [0.1, 0.15) is 0 Å². The Kier molecular flexibility index (Phi) is 6.52. The van der Waals surface area contributed by atoms with Gasteiger partial charge in [-0.3, -0.25) is 4.79 Å². The largest absolute Gasteiger partial charge is 0.354 e. The number of amides is 1. The standard InChI is InChI=1S/C22H24N4O/c1-2-26(20-13-7-4-8-14-20)21(27)19-16-24-22(25-17-19)23-15-9-12-18-10-5-3-6-11-18/h3-8,10-11,13-14,16-17H,2,9,12,15H2,1H3,(H,23,24,25). The molecule has 3 rings (SSSR count). The van der Waals surface area contributed by atoms with E-state index < -0.39 is 0 Å². The molecule has 0 fully saturated rings. The predicted octanol–water partition coefficient (Wildman–Crippen LogP) is 4.19. The van der Waals surface area contributed by atoms with Gasteiger partial charge < -0.3 is 10.2 Å². The van der Waals surface area contributed by atoms with E-state index in [1.807, 2.05) is 43.3 Å². The van der Waals surface area contributed by atoms with Crippen molar-refractivity contribution in [1.82, 2.24) is 9.97 Å². The van der Waals surface area contributed by atoms with Crippen molar-refractivity contribution in [3.63, 3.8) is 0 Å². The first kappa shape index (κ1) is 18.6. The van der Waals surface area contributed by atoms with Gasteiger partial charge in [0, 0.05) is 31.2 Å². The molecule has 5 heteroatoms. The van der Waals surface area contributed by atoms with Gasteiger partial charge in [-0.05, 0) is 37.5 Å². The van der Waals surface area contributed by atoms with Crippen molar-refractivity contribution < 1.29 is 4.79 Å². The Bertz CT molecular complexity index is 835. The topological polar surface area (TPSA) is 58.1 Å². The van der Waals surface area contributed by atoms with Crippen molar-refractivity contribution in [3.8, 4) is 0 Å². The number of rotatable bonds is 8. The Hall–Kier alpha value is -3.21. The number of carbonyl (C=O) groups is 1. The maximum absolute atomic E-state index is 12.7. The summed E-state index contributed by atoms with van der Waals surface area (Å²) in [6.07, 6.45) is 5.17. The minimum atomic E-state index is -0.0978. The lowest BCUT2D eigenvalue weighted by Crippen LogP contribution is -2.30. The van der Waals surface area contributed by atoms with Crippen LogP contribution in [0.2, 0.25) is 0 Å². The van der Waals surface area contributed by atoms with Gasteiger partial charge in [0.25, 0.3) is 5.91 Å². The molecule has 0 aliphatic heterocycles. The monoisotopic (exact) mass is 360 g/mol. The van der Waals surface area contributed by atoms with Crippen LogP contribution in [-0.2, 0) is 6.42 Å². The third-order valence-electron chi connectivity index (χ3n) is 4.30. The molecular weight excluding hydrogens is 336 g/mol. The Labute approximate surface area is 160 Å². The highest BCUT2D eigenvalue weighted by Crippen LogP contribution is 2.16. The SMILES string of the molecule is CCN(C(=O)c1cnc(NCCCc2ccccc2)nc1)c1ccccc1. The number of benzene rings is 2. The number of para-hydroxylation sites is 1. The van der Waals surface area contributed by atoms with E-state index in [9.17, 15) is 4.79 Å². The van der Waals surface area contributed by atoms with Crippen LogP contribution < -0.4 is 10.2 Å². The quantitative estimate of drug-likeness (QED) is 0.612. The van der Waals surface area contributed by atoms with Gasteiger partial charge in [-0.25, -0.2) is 9.97 Å². The second kappa shape index (κ2) is 9.48. The minimum absolute atomic E-state index is 0.0978. The van der Waals surface area contributed by atoms with Gasteiger partial charge in [-0.1, -0.05) is 48.5 Å². The molecule has 0 saturated heterocycles. The van der Waals surface area contributed by atoms with Crippen molar-refractivity contribution in [2.45, 2.75) is 19.8 Å². The molecule has 0 aliphatic carbocycles. The van der Waals surface area contributed by atoms with E-state index in [4.69, 9.17) is 0 Å². The number of nitrogens with zero attached hydrogens (tertiary/aromatic N) is 3. The van der Waals surface area contributed by atoms with E-state index in [1.54, 1.807) is 17.3 Å². The maximum Gasteiger partial charge on any atom is 0.261 e. The van der Waals surface area contributed by atoms with E-state index in [0.29, 0.717) is 18.1 Å². The lowest BCUT2D eigenvalue weighted by atomic mass is 10.1. The molecule has 0 spiro atoms. The number of hydrogen-bond donors (Lipinski definition) is 1. The number of aryl methyl sites for hydroxylation is 1. The summed E-state index contributed by atoms with van der Waals surface area (Å²) in [6.45, 7) is 3.32. The van der Waals surface area contributed by atoms with Gasteiger partial charge >= 0.3 is 0 Å². The average Bonchev–Trinajstić information content (AvgIpc) is 2.74. The Morgan fingerprint density at radius 3 is 2.22 bits per heavy atom. The van der Waals surface area contributed by atoms with E-state index in [0.717, 1.165) is 25.1 Å². The van der Waals surface area contributed by atoms with Crippen molar-refractivity contribution >= 4 is 17.5 Å². The summed E-state index contributed by atoms with van der Waals surface area (Å²) in [4.78, 5) is 23.0. The lowest BCUT2D eigenvalue weighted by Gasteiger charge is -2.20. The van der Waals surface area contributed by atoms with Crippen LogP contribution in [0.25, 0.3) is 0 Å². The molecule has 0 aliphatic rings. The van der Waals surface area contributed by atoms with Gasteiger partial charge in [0.2, 0.25) is 5.95 Å². The summed E-state index contributed by atoms with van der Waals surface area (Å²) in [5.41, 5.74) is 2.67. The van der Waals surface area contributed by atoms with Crippen LogP contribution in [0.3, 0.4) is 0 Å². The van der Waals surface area contributed by atoms with Crippen molar-refractivity contribution in [3.05, 3.63) is 84.2 Å². The van der Waals surface area contributed by atoms with Crippen LogP contribution >= 0.6 is 0 Å². The summed E-state index contributed by atoms with van der Waals surface area (Å²) in [7, 11) is 0. The Morgan fingerprint density at radius 1 is 0.963 bits per heavy atom. The smallest absolute Gasteiger partial charge is 0.261 e. The van der Waals surface area contributed by atoms with Gasteiger partial charge in [-0.2, -0.15) is 0 Å². The molecule has 1 aromatic heterocycles. The fraction of sp³-hybridized carbons (Fsp3) is 0.227. The molecule has 1 amide bonds. The molecule has 0 bridgehead atoms. The molecule has 1 N–H and O–H groups in total. The highest BCUT2D eigenvalue weighted by Gasteiger charge is 2.16. The van der Waals surface area contributed by atoms with E-state index >= 15 is 0 Å². The molecule has 138 valence electrons. The summed E-state index contributed by atoms with van der Waals surface area (Å²) in [5, 5.41) is 3.21. The Morgan fingerprint density at radius 2 is 1.59 bits per heavy atom. The zero-order valence-electron chi connectivity index (χ0n) is 15.5. The zero-order chi connectivity index (χ0) is 18.9. The first-order chi connectivity index (χ1) is 13.3. The van der Waals surface area contributed by atoms with Crippen LogP contribution in [0, 0.1) is 0 Å². The van der Waals surface area contributed by atoms with E-state index in [-0.39, 0.29) is 5.91 Å². The maximum atomic E-state index is 12.7. The number of carbonyl (C=O) groups excluding carboxylic acids is 1. The molecular formula is C22H24N4O. The number of aromatic nitrogens is 2. The number of hydrogen-bond acceptors (Lipinski definition) is 4. The van der Waals surface area contributed by atoms with Gasteiger partial charge in [0.15, 0.2) is 0 Å². The molecule has 0 atom stereocenters. The van der Waals surface area contributed by atoms with Crippen LogP contribution in [0.4, 0.5) is 11.6 Å². The van der Waals surface area contributed by atoms with Crippen LogP contribution in [-0.4, -0.2) is 29.0 Å². The van der Waals surface area contributed by atoms with Crippen LogP contribution in [0.5, 0.6) is 0 Å². The molecule has 5 nitrogen and oxygen atoms in total. The fourth-order valence-electron chi connectivity index (χ4n) is 2.87. The van der Waals surface area contributed by atoms with Gasteiger partial charge in [-0.15, -0.1) is 0 Å². The highest BCUT2D eigenvalue weighted by molar-refractivity contribution is 6.05. The first-order valence-corrected chi connectivity index (χ1v) is 9.24. The third-order valence-corrected chi connectivity index (χ3v) is 4.30. The van der Waals surface area contributed by atoms with Crippen LogP contribution in [0.15, 0.2) is 73.1 Å². The third kappa shape index (κ3) is 5.14. The van der Waals surface area contributed by atoms with Crippen molar-refractivity contribution in [2.75, 3.05) is 23.3 Å². The van der Waals surface area contributed by atoms with Crippen molar-refractivity contribution in [2.24, 2.45) is 0 Å². The number of nitrogens with one attached hydrogen (secondary N) is 1. The molecule has 27 heavy (non-hydrogen) atoms. The zero-order valence-corrected chi connectivity index (χ0v) is 15.5. The molecule has 0 radical (unpaired) electrons. The molecule has 1 heterocycles. The van der Waals surface area contributed by atoms with Crippen LogP contribution in [0.1, 0.15) is 29.3 Å². The normalized spacial score (nSPS) is 10.4. The molecule has 0 unspecified atom stereocenters. The van der Waals surface area contributed by atoms with E-state index in [1.165, 1.54) is 5.56 Å². The summed E-state index contributed by atoms with van der Waals surface area (Å²) in [5.74, 6) is 0.446. The first-order valence-electron chi connectivity index (χ1n) is 9.24. The Balaban J connectivity index is 1.54. The predicted molar refractivity (Wildman–Crippen MR) is 109 cm³/mol. The van der Waals surface area contributed by atoms with E-state index in [2.05, 4.69) is 39.6 Å². The summed E-state index contributed by atoms with van der Waals surface area (Å²) >= 11 is 0. The summed E-state index contributed by atoms with van der Waals surface area (Å²) < 4.78 is 0. The highest BCUT2D eigenvalue weighted by atomic mass is 16.2. The lowest BCUT2D eigenvalue weighted by molar-refractivity contribution is 0.0987. The van der Waals surface area contributed by atoms with Crippen molar-refractivity contribution in [1.29, 1.82) is 0 Å². The second-order valence-corrected chi connectivity index (χ2v) is 6.20. The second-order valence-electron chi connectivity index (χ2n) is 6.20. The average molecular weight is 360 g/mol. The number of anilines is 2.